The first kappa shape index (κ1) is 32.8. The number of hydrogen-bond acceptors (Lipinski definition) is 8. The van der Waals surface area contributed by atoms with E-state index in [4.69, 9.17) is 8.95 Å². The number of aldehydes is 1. The summed E-state index contributed by atoms with van der Waals surface area (Å²) in [7, 11) is -2.17. The SMILES string of the molecule is Cc1ncsc1-c1ccc(C(C)NC(=O)[C@@H]2C[C@@H](O[Si](C)(C)C(C)(C)C)CN2C(=O)C(c2cc(C=O)no2)C(C)C)cc1. The lowest BCUT2D eigenvalue weighted by Gasteiger charge is -2.38. The van der Waals surface area contributed by atoms with Gasteiger partial charge in [-0.25, -0.2) is 4.98 Å². The number of aryl methyl sites for hydroxylation is 1. The molecule has 2 aromatic heterocycles. The van der Waals surface area contributed by atoms with Crippen molar-refractivity contribution in [2.75, 3.05) is 6.54 Å². The molecule has 11 heteroatoms. The number of carbonyl (C=O) groups is 3. The molecule has 3 heterocycles. The van der Waals surface area contributed by atoms with E-state index >= 15 is 0 Å². The Kier molecular flexibility index (Phi) is 9.78. The summed E-state index contributed by atoms with van der Waals surface area (Å²) in [5.74, 6) is -0.980. The van der Waals surface area contributed by atoms with Gasteiger partial charge in [-0.05, 0) is 49.0 Å². The molecule has 3 aromatic rings. The number of carbonyl (C=O) groups excluding carboxylic acids is 3. The molecule has 4 rings (SSSR count). The number of rotatable bonds is 10. The van der Waals surface area contributed by atoms with Gasteiger partial charge in [-0.2, -0.15) is 0 Å². The van der Waals surface area contributed by atoms with Crippen LogP contribution in [0.2, 0.25) is 18.1 Å². The molecular weight excluding hydrogens is 581 g/mol. The summed E-state index contributed by atoms with van der Waals surface area (Å²) in [6, 6.07) is 8.65. The molecule has 9 nitrogen and oxygen atoms in total. The number of aromatic nitrogens is 2. The fourth-order valence-electron chi connectivity index (χ4n) is 5.28. The number of nitrogens with zero attached hydrogens (tertiary/aromatic N) is 3. The normalized spacial score (nSPS) is 19.0. The lowest BCUT2D eigenvalue weighted by molar-refractivity contribution is -0.141. The predicted octanol–water partition coefficient (Wildman–Crippen LogP) is 6.53. The van der Waals surface area contributed by atoms with Gasteiger partial charge in [-0.3, -0.25) is 14.4 Å². The molecule has 43 heavy (non-hydrogen) atoms. The van der Waals surface area contributed by atoms with Crippen molar-refractivity contribution >= 4 is 37.8 Å². The van der Waals surface area contributed by atoms with Crippen LogP contribution in [0.5, 0.6) is 0 Å². The van der Waals surface area contributed by atoms with E-state index in [-0.39, 0.29) is 40.6 Å². The number of likely N-dealkylation sites (tertiary alicyclic amines) is 1. The molecule has 1 saturated heterocycles. The standard InChI is InChI=1S/C32H44N4O5SSi/c1-19(2)28(27-14-24(17-37)35-40-27)31(39)36-16-25(41-43(8,9)32(5,6)7)15-26(36)30(38)34-20(3)22-10-12-23(13-11-22)29-21(4)33-18-42-29/h10-14,17-20,25-26,28H,15-16H2,1-9H3,(H,34,38)/t20?,25-,26+,28?/m1/s1. The van der Waals surface area contributed by atoms with E-state index in [1.54, 1.807) is 16.2 Å². The van der Waals surface area contributed by atoms with Crippen LogP contribution in [0.3, 0.4) is 0 Å². The average Bonchev–Trinajstić information content (AvgIpc) is 3.67. The quantitative estimate of drug-likeness (QED) is 0.202. The fraction of sp³-hybridized carbons (Fsp3) is 0.531. The topological polar surface area (TPSA) is 115 Å². The van der Waals surface area contributed by atoms with Crippen LogP contribution in [0.4, 0.5) is 0 Å². The molecule has 4 atom stereocenters. The summed E-state index contributed by atoms with van der Waals surface area (Å²) >= 11 is 1.60. The predicted molar refractivity (Wildman–Crippen MR) is 171 cm³/mol. The van der Waals surface area contributed by atoms with Gasteiger partial charge in [-0.15, -0.1) is 11.3 Å². The van der Waals surface area contributed by atoms with Crippen LogP contribution in [-0.2, 0) is 14.0 Å². The molecule has 1 aliphatic heterocycles. The largest absolute Gasteiger partial charge is 0.412 e. The molecule has 0 aliphatic carbocycles. The van der Waals surface area contributed by atoms with Gasteiger partial charge in [0, 0.05) is 19.0 Å². The average molecular weight is 625 g/mol. The van der Waals surface area contributed by atoms with Crippen molar-refractivity contribution in [1.29, 1.82) is 0 Å². The van der Waals surface area contributed by atoms with Gasteiger partial charge in [0.1, 0.15) is 23.4 Å². The van der Waals surface area contributed by atoms with Crippen molar-refractivity contribution < 1.29 is 23.3 Å². The van der Waals surface area contributed by atoms with Gasteiger partial charge < -0.3 is 19.2 Å². The van der Waals surface area contributed by atoms with Crippen molar-refractivity contribution in [2.45, 2.75) is 97.1 Å². The molecule has 0 bridgehead atoms. The molecular formula is C32H44N4O5SSi. The van der Waals surface area contributed by atoms with Gasteiger partial charge in [-0.1, -0.05) is 64.0 Å². The first-order valence-corrected chi connectivity index (χ1v) is 18.6. The van der Waals surface area contributed by atoms with Crippen LogP contribution in [0.1, 0.15) is 87.4 Å². The Balaban J connectivity index is 1.57. The number of hydrogen-bond donors (Lipinski definition) is 1. The third-order valence-corrected chi connectivity index (χ3v) is 14.3. The van der Waals surface area contributed by atoms with Gasteiger partial charge >= 0.3 is 0 Å². The van der Waals surface area contributed by atoms with Gasteiger partial charge in [0.2, 0.25) is 11.8 Å². The second kappa shape index (κ2) is 12.8. The maximum atomic E-state index is 14.2. The Morgan fingerprint density at radius 2 is 1.86 bits per heavy atom. The first-order valence-electron chi connectivity index (χ1n) is 14.8. The summed E-state index contributed by atoms with van der Waals surface area (Å²) in [4.78, 5) is 46.4. The van der Waals surface area contributed by atoms with Crippen LogP contribution in [0.15, 0.2) is 40.4 Å². The minimum atomic E-state index is -2.17. The number of amides is 2. The molecule has 1 aromatic carbocycles. The van der Waals surface area contributed by atoms with E-state index in [2.05, 4.69) is 49.3 Å². The van der Waals surface area contributed by atoms with Gasteiger partial charge in [0.25, 0.3) is 0 Å². The van der Waals surface area contributed by atoms with E-state index in [9.17, 15) is 14.4 Å². The maximum Gasteiger partial charge on any atom is 0.243 e. The van der Waals surface area contributed by atoms with E-state index < -0.39 is 20.3 Å². The smallest absolute Gasteiger partial charge is 0.243 e. The number of nitrogens with one attached hydrogen (secondary N) is 1. The highest BCUT2D eigenvalue weighted by atomic mass is 32.1. The summed E-state index contributed by atoms with van der Waals surface area (Å²) in [5.41, 5.74) is 5.02. The highest BCUT2D eigenvalue weighted by Gasteiger charge is 2.47. The zero-order valence-corrected chi connectivity index (χ0v) is 28.5. The van der Waals surface area contributed by atoms with Gasteiger partial charge in [0.05, 0.1) is 28.2 Å². The molecule has 0 radical (unpaired) electrons. The van der Waals surface area contributed by atoms with Crippen LogP contribution in [0.25, 0.3) is 10.4 Å². The van der Waals surface area contributed by atoms with Gasteiger partial charge in [0.15, 0.2) is 14.6 Å². The highest BCUT2D eigenvalue weighted by Crippen LogP contribution is 2.40. The summed E-state index contributed by atoms with van der Waals surface area (Å²) in [6.07, 6.45) is 0.725. The highest BCUT2D eigenvalue weighted by molar-refractivity contribution is 7.13. The van der Waals surface area contributed by atoms with Crippen molar-refractivity contribution in [1.82, 2.24) is 20.4 Å². The Morgan fingerprint density at radius 1 is 1.19 bits per heavy atom. The van der Waals surface area contributed by atoms with Crippen LogP contribution in [-0.4, -0.2) is 60.1 Å². The van der Waals surface area contributed by atoms with E-state index in [1.807, 2.05) is 57.5 Å². The Morgan fingerprint density at radius 3 is 2.40 bits per heavy atom. The summed E-state index contributed by atoms with van der Waals surface area (Å²) < 4.78 is 12.1. The fourth-order valence-corrected chi connectivity index (χ4v) is 7.45. The monoisotopic (exact) mass is 624 g/mol. The third kappa shape index (κ3) is 7.16. The van der Waals surface area contributed by atoms with Crippen molar-refractivity contribution in [3.05, 3.63) is 58.6 Å². The zero-order valence-electron chi connectivity index (χ0n) is 26.6. The lowest BCUT2D eigenvalue weighted by atomic mass is 9.91. The first-order chi connectivity index (χ1) is 20.1. The number of benzene rings is 1. The summed E-state index contributed by atoms with van der Waals surface area (Å²) in [5, 5.41) is 6.91. The van der Waals surface area contributed by atoms with Crippen molar-refractivity contribution in [3.63, 3.8) is 0 Å². The lowest BCUT2D eigenvalue weighted by Crippen LogP contribution is -2.48. The maximum absolute atomic E-state index is 14.2. The Hall–Kier alpha value is -3.15. The van der Waals surface area contributed by atoms with Crippen molar-refractivity contribution in [3.8, 4) is 10.4 Å². The zero-order chi connectivity index (χ0) is 31.7. The van der Waals surface area contributed by atoms with Crippen LogP contribution < -0.4 is 5.32 Å². The molecule has 2 amide bonds. The molecule has 1 fully saturated rings. The molecule has 0 spiro atoms. The third-order valence-electron chi connectivity index (χ3n) is 8.80. The second-order valence-electron chi connectivity index (χ2n) is 13.4. The Bertz CT molecular complexity index is 1440. The van der Waals surface area contributed by atoms with Crippen molar-refractivity contribution in [2.24, 2.45) is 5.92 Å². The van der Waals surface area contributed by atoms with Crippen LogP contribution >= 0.6 is 11.3 Å². The molecule has 232 valence electrons. The molecule has 2 unspecified atom stereocenters. The van der Waals surface area contributed by atoms with E-state index in [1.165, 1.54) is 6.07 Å². The molecule has 1 aliphatic rings. The summed E-state index contributed by atoms with van der Waals surface area (Å²) in [6.45, 7) is 19.0. The minimum absolute atomic E-state index is 0.0217. The molecule has 0 saturated carbocycles. The second-order valence-corrected chi connectivity index (χ2v) is 19.0. The number of thiazole rings is 1. The minimum Gasteiger partial charge on any atom is -0.412 e. The van der Waals surface area contributed by atoms with Crippen LogP contribution in [0, 0.1) is 12.8 Å². The Labute approximate surface area is 259 Å². The van der Waals surface area contributed by atoms with E-state index in [0.29, 0.717) is 25.0 Å². The van der Waals surface area contributed by atoms with E-state index in [0.717, 1.165) is 21.7 Å². The molecule has 1 N–H and O–H groups in total.